The summed E-state index contributed by atoms with van der Waals surface area (Å²) in [6, 6.07) is -0.640. The minimum Gasteiger partial charge on any atom is -0.394 e. The highest BCUT2D eigenvalue weighted by Gasteiger charge is 2.18. The van der Waals surface area contributed by atoms with Crippen LogP contribution in [-0.2, 0) is 4.79 Å². The van der Waals surface area contributed by atoms with Gasteiger partial charge < -0.3 is 15.5 Å². The summed E-state index contributed by atoms with van der Waals surface area (Å²) in [5.41, 5.74) is 0. The van der Waals surface area contributed by atoms with Crippen molar-refractivity contribution in [3.63, 3.8) is 0 Å². The highest BCUT2D eigenvalue weighted by molar-refractivity contribution is 5.76. The average Bonchev–Trinajstić information content (AvgIpc) is 3.33. The van der Waals surface area contributed by atoms with E-state index in [1.807, 2.05) is 6.08 Å². The first kappa shape index (κ1) is 65.3. The molecule has 4 nitrogen and oxygen atoms in total. The molecule has 0 saturated heterocycles. The lowest BCUT2D eigenvalue weighted by Crippen LogP contribution is -2.45. The Balaban J connectivity index is 3.47. The number of hydrogen-bond donors (Lipinski definition) is 3. The van der Waals surface area contributed by atoms with Crippen LogP contribution in [0.3, 0.4) is 0 Å². The van der Waals surface area contributed by atoms with Crippen LogP contribution in [0.5, 0.6) is 0 Å². The van der Waals surface area contributed by atoms with Crippen LogP contribution in [0.4, 0.5) is 0 Å². The lowest BCUT2D eigenvalue weighted by atomic mass is 10.0. The zero-order valence-electron chi connectivity index (χ0n) is 45.4. The van der Waals surface area contributed by atoms with E-state index in [1.165, 1.54) is 270 Å². The maximum Gasteiger partial charge on any atom is 0.220 e. The number of unbranched alkanes of at least 4 members (excludes halogenated alkanes) is 43. The molecule has 394 valence electrons. The molecular formula is C63H119NO3. The van der Waals surface area contributed by atoms with E-state index < -0.39 is 12.1 Å². The van der Waals surface area contributed by atoms with Gasteiger partial charge >= 0.3 is 0 Å². The molecule has 0 saturated carbocycles. The summed E-state index contributed by atoms with van der Waals surface area (Å²) in [5, 5.41) is 23.2. The summed E-state index contributed by atoms with van der Waals surface area (Å²) in [5.74, 6) is -0.0696. The van der Waals surface area contributed by atoms with Crippen molar-refractivity contribution >= 4 is 5.91 Å². The average molecular weight is 939 g/mol. The van der Waals surface area contributed by atoms with Crippen molar-refractivity contribution in [3.05, 3.63) is 48.6 Å². The molecule has 0 fully saturated rings. The van der Waals surface area contributed by atoms with E-state index in [-0.39, 0.29) is 12.5 Å². The molecule has 0 heterocycles. The smallest absolute Gasteiger partial charge is 0.220 e. The van der Waals surface area contributed by atoms with Crippen LogP contribution in [0.15, 0.2) is 48.6 Å². The van der Waals surface area contributed by atoms with Crippen LogP contribution in [0.25, 0.3) is 0 Å². The number of nitrogens with one attached hydrogen (secondary N) is 1. The Bertz CT molecular complexity index is 1060. The van der Waals surface area contributed by atoms with E-state index in [4.69, 9.17) is 0 Å². The van der Waals surface area contributed by atoms with E-state index in [1.54, 1.807) is 6.08 Å². The minimum absolute atomic E-state index is 0.0696. The van der Waals surface area contributed by atoms with Gasteiger partial charge in [-0.2, -0.15) is 0 Å². The number of amides is 1. The van der Waals surface area contributed by atoms with Gasteiger partial charge in [0.25, 0.3) is 0 Å². The molecule has 0 spiro atoms. The Labute approximate surface area is 420 Å². The molecule has 3 N–H and O–H groups in total. The second kappa shape index (κ2) is 58.7. The number of aliphatic hydroxyl groups excluding tert-OH is 2. The summed E-state index contributed by atoms with van der Waals surface area (Å²) in [6.45, 7) is 4.33. The maximum absolute atomic E-state index is 12.5. The molecule has 0 radical (unpaired) electrons. The van der Waals surface area contributed by atoms with Crippen molar-refractivity contribution in [2.75, 3.05) is 6.61 Å². The number of carbonyl (C=O) groups excluding carboxylic acids is 1. The van der Waals surface area contributed by atoms with Crippen molar-refractivity contribution < 1.29 is 15.0 Å². The van der Waals surface area contributed by atoms with Crippen LogP contribution in [0.2, 0.25) is 0 Å². The molecule has 1 amide bonds. The van der Waals surface area contributed by atoms with Gasteiger partial charge in [0.05, 0.1) is 18.8 Å². The fourth-order valence-electron chi connectivity index (χ4n) is 9.41. The van der Waals surface area contributed by atoms with Crippen molar-refractivity contribution in [2.24, 2.45) is 0 Å². The highest BCUT2D eigenvalue weighted by atomic mass is 16.3. The van der Waals surface area contributed by atoms with Crippen molar-refractivity contribution in [3.8, 4) is 0 Å². The van der Waals surface area contributed by atoms with Crippen LogP contribution < -0.4 is 5.32 Å². The predicted molar refractivity (Wildman–Crippen MR) is 299 cm³/mol. The molecule has 2 atom stereocenters. The summed E-state index contributed by atoms with van der Waals surface area (Å²) >= 11 is 0. The molecule has 0 aromatic rings. The summed E-state index contributed by atoms with van der Waals surface area (Å²) in [4.78, 5) is 12.5. The van der Waals surface area contributed by atoms with Gasteiger partial charge in [-0.3, -0.25) is 4.79 Å². The van der Waals surface area contributed by atoms with E-state index in [2.05, 4.69) is 55.6 Å². The van der Waals surface area contributed by atoms with Crippen molar-refractivity contribution in [1.82, 2.24) is 5.32 Å². The number of carbonyl (C=O) groups is 1. The summed E-state index contributed by atoms with van der Waals surface area (Å²) in [6.07, 6.45) is 81.6. The van der Waals surface area contributed by atoms with Crippen molar-refractivity contribution in [2.45, 2.75) is 341 Å². The Kier molecular flexibility index (Phi) is 57.2. The molecule has 0 aliphatic heterocycles. The van der Waals surface area contributed by atoms with Gasteiger partial charge in [-0.15, -0.1) is 0 Å². The van der Waals surface area contributed by atoms with Gasteiger partial charge in [0.1, 0.15) is 0 Å². The fraction of sp³-hybridized carbons (Fsp3) is 0.857. The third kappa shape index (κ3) is 55.2. The number of rotatable bonds is 56. The van der Waals surface area contributed by atoms with Crippen LogP contribution in [0, 0.1) is 0 Å². The van der Waals surface area contributed by atoms with E-state index >= 15 is 0 Å². The highest BCUT2D eigenvalue weighted by Crippen LogP contribution is 2.17. The molecule has 4 heteroatoms. The van der Waals surface area contributed by atoms with E-state index in [0.717, 1.165) is 38.5 Å². The zero-order valence-corrected chi connectivity index (χ0v) is 45.4. The first-order valence-electron chi connectivity index (χ1n) is 30.4. The SMILES string of the molecule is CCCCCCCCCCCCC/C=C\C/C=C\CCCCCCCCCCCCCCCCCCCC(=O)NC(CO)C(O)/C=C/CC/C=C/CCCCCCCCCCCCCCCC. The lowest BCUT2D eigenvalue weighted by Gasteiger charge is -2.19. The molecule has 0 aromatic carbocycles. The Morgan fingerprint density at radius 3 is 0.955 bits per heavy atom. The van der Waals surface area contributed by atoms with Gasteiger partial charge in [0, 0.05) is 6.42 Å². The molecule has 0 rings (SSSR count). The van der Waals surface area contributed by atoms with Gasteiger partial charge in [-0.05, 0) is 64.2 Å². The van der Waals surface area contributed by atoms with Crippen LogP contribution in [0.1, 0.15) is 328 Å². The number of aliphatic hydroxyl groups is 2. The minimum atomic E-state index is -0.863. The first-order valence-corrected chi connectivity index (χ1v) is 30.4. The fourth-order valence-corrected chi connectivity index (χ4v) is 9.41. The largest absolute Gasteiger partial charge is 0.394 e. The van der Waals surface area contributed by atoms with E-state index in [0.29, 0.717) is 6.42 Å². The third-order valence-corrected chi connectivity index (χ3v) is 14.0. The monoisotopic (exact) mass is 938 g/mol. The first-order chi connectivity index (χ1) is 33.2. The van der Waals surface area contributed by atoms with Crippen molar-refractivity contribution in [1.29, 1.82) is 0 Å². The summed E-state index contributed by atoms with van der Waals surface area (Å²) < 4.78 is 0. The molecule has 2 unspecified atom stereocenters. The molecule has 67 heavy (non-hydrogen) atoms. The number of allylic oxidation sites excluding steroid dienone is 7. The Morgan fingerprint density at radius 2 is 0.627 bits per heavy atom. The number of hydrogen-bond acceptors (Lipinski definition) is 3. The second-order valence-corrected chi connectivity index (χ2v) is 20.8. The quantitative estimate of drug-likeness (QED) is 0.0420. The Morgan fingerprint density at radius 1 is 0.358 bits per heavy atom. The van der Waals surface area contributed by atoms with Gasteiger partial charge in [-0.1, -0.05) is 306 Å². The normalized spacial score (nSPS) is 13.1. The van der Waals surface area contributed by atoms with Gasteiger partial charge in [-0.25, -0.2) is 0 Å². The maximum atomic E-state index is 12.5. The second-order valence-electron chi connectivity index (χ2n) is 20.8. The molecule has 0 aromatic heterocycles. The molecule has 0 aliphatic rings. The standard InChI is InChI=1S/C63H119NO3/c1-3-5-7-9-11-13-15-17-19-21-23-25-26-27-28-29-30-31-32-33-34-35-36-37-38-39-41-43-45-47-49-51-53-55-57-59-63(67)64-61(60-65)62(66)58-56-54-52-50-48-46-44-42-40-24-22-20-18-16-14-12-10-8-6-4-2/h26-27,29-30,48,50,56,58,61-62,65-66H,3-25,28,31-47,49,51-55,57,59-60H2,1-2H3,(H,64,67)/b27-26-,30-29-,50-48+,58-56+. The van der Waals surface area contributed by atoms with Gasteiger partial charge in [0.15, 0.2) is 0 Å². The third-order valence-electron chi connectivity index (χ3n) is 14.0. The van der Waals surface area contributed by atoms with Gasteiger partial charge in [0.2, 0.25) is 5.91 Å². The summed E-state index contributed by atoms with van der Waals surface area (Å²) in [7, 11) is 0. The van der Waals surface area contributed by atoms with E-state index in [9.17, 15) is 15.0 Å². The zero-order chi connectivity index (χ0) is 48.5. The molecule has 0 bridgehead atoms. The Hall–Kier alpha value is -1.65. The lowest BCUT2D eigenvalue weighted by molar-refractivity contribution is -0.123. The molecule has 0 aliphatic carbocycles. The topological polar surface area (TPSA) is 69.6 Å². The predicted octanol–water partition coefficient (Wildman–Crippen LogP) is 20.2. The van der Waals surface area contributed by atoms with Crippen LogP contribution in [-0.4, -0.2) is 34.9 Å². The van der Waals surface area contributed by atoms with Crippen LogP contribution >= 0.6 is 0 Å². The molecular weight excluding hydrogens is 819 g/mol.